The molecule has 0 atom stereocenters. The van der Waals surface area contributed by atoms with Crippen molar-refractivity contribution in [2.75, 3.05) is 35.0 Å². The molecule has 0 amide bonds. The van der Waals surface area contributed by atoms with Crippen molar-refractivity contribution in [3.63, 3.8) is 0 Å². The second-order valence-electron chi connectivity index (χ2n) is 7.31. The molecule has 0 spiro atoms. The van der Waals surface area contributed by atoms with E-state index in [0.29, 0.717) is 41.7 Å². The third-order valence-corrected chi connectivity index (χ3v) is 5.17. The molecule has 168 valence electrons. The fraction of sp³-hybridized carbons (Fsp3) is 0.269. The average Bonchev–Trinajstić information content (AvgIpc) is 2.84. The highest BCUT2D eigenvalue weighted by atomic mass is 16.5. The molecule has 0 bridgehead atoms. The third-order valence-electron chi connectivity index (χ3n) is 5.17. The van der Waals surface area contributed by atoms with E-state index < -0.39 is 0 Å². The Balaban J connectivity index is 1.86. The Morgan fingerprint density at radius 2 is 1.12 bits per heavy atom. The van der Waals surface area contributed by atoms with Gasteiger partial charge in [-0.3, -0.25) is 9.69 Å². The Hall–Kier alpha value is -3.51. The summed E-state index contributed by atoms with van der Waals surface area (Å²) in [5.41, 5.74) is 2.73. The van der Waals surface area contributed by atoms with Crippen LogP contribution in [0.3, 0.4) is 0 Å². The highest BCUT2D eigenvalue weighted by Gasteiger charge is 2.16. The van der Waals surface area contributed by atoms with Crippen molar-refractivity contribution in [3.05, 3.63) is 83.4 Å². The Bertz CT molecular complexity index is 978. The zero-order valence-corrected chi connectivity index (χ0v) is 19.0. The number of hydrogen-bond donors (Lipinski definition) is 0. The molecule has 32 heavy (non-hydrogen) atoms. The Morgan fingerprint density at radius 1 is 0.656 bits per heavy atom. The van der Waals surface area contributed by atoms with Crippen molar-refractivity contribution in [3.8, 4) is 23.0 Å². The van der Waals surface area contributed by atoms with Crippen LogP contribution in [0, 0.1) is 0 Å². The van der Waals surface area contributed by atoms with E-state index in [4.69, 9.17) is 18.9 Å². The van der Waals surface area contributed by atoms with Gasteiger partial charge in [-0.05, 0) is 35.4 Å². The third kappa shape index (κ3) is 5.80. The van der Waals surface area contributed by atoms with Gasteiger partial charge in [0.05, 0.1) is 35.0 Å². The molecule has 3 aromatic carbocycles. The minimum Gasteiger partial charge on any atom is -0.493 e. The fourth-order valence-corrected chi connectivity index (χ4v) is 3.56. The second-order valence-corrected chi connectivity index (χ2v) is 7.31. The monoisotopic (exact) mass is 435 g/mol. The second kappa shape index (κ2) is 11.2. The van der Waals surface area contributed by atoms with Crippen LogP contribution in [0.15, 0.2) is 66.7 Å². The molecule has 0 fully saturated rings. The molecule has 0 radical (unpaired) electrons. The van der Waals surface area contributed by atoms with Crippen LogP contribution in [0.4, 0.5) is 0 Å². The average molecular weight is 436 g/mol. The van der Waals surface area contributed by atoms with Gasteiger partial charge in [-0.2, -0.15) is 0 Å². The van der Waals surface area contributed by atoms with Crippen molar-refractivity contribution in [2.24, 2.45) is 0 Å². The van der Waals surface area contributed by atoms with Crippen LogP contribution < -0.4 is 18.9 Å². The molecule has 0 aromatic heterocycles. The maximum absolute atomic E-state index is 13.0. The number of rotatable bonds is 11. The lowest BCUT2D eigenvalue weighted by Gasteiger charge is -2.23. The van der Waals surface area contributed by atoms with Crippen LogP contribution in [-0.4, -0.2) is 45.7 Å². The summed E-state index contributed by atoms with van der Waals surface area (Å²) in [6, 6.07) is 20.9. The summed E-state index contributed by atoms with van der Waals surface area (Å²) >= 11 is 0. The summed E-state index contributed by atoms with van der Waals surface area (Å²) in [5.74, 6) is 2.72. The van der Waals surface area contributed by atoms with E-state index in [0.717, 1.165) is 11.1 Å². The van der Waals surface area contributed by atoms with Crippen LogP contribution in [0.2, 0.25) is 0 Å². The quantitative estimate of drug-likeness (QED) is 0.410. The molecular formula is C26H29NO5. The van der Waals surface area contributed by atoms with Crippen LogP contribution in [-0.2, 0) is 13.1 Å². The SMILES string of the molecule is COc1ccc(CN(CC(=O)c2ccccc2)Cc2ccc(OC)c(OC)c2)cc1OC. The molecule has 3 rings (SSSR count). The van der Waals surface area contributed by atoms with Gasteiger partial charge in [0, 0.05) is 18.7 Å². The van der Waals surface area contributed by atoms with Gasteiger partial charge in [-0.1, -0.05) is 42.5 Å². The Kier molecular flexibility index (Phi) is 8.11. The summed E-state index contributed by atoms with van der Waals surface area (Å²) < 4.78 is 21.6. The Labute approximate surface area is 189 Å². The van der Waals surface area contributed by atoms with E-state index in [1.54, 1.807) is 28.4 Å². The number of methoxy groups -OCH3 is 4. The largest absolute Gasteiger partial charge is 0.493 e. The maximum atomic E-state index is 13.0. The van der Waals surface area contributed by atoms with E-state index in [1.807, 2.05) is 66.7 Å². The van der Waals surface area contributed by atoms with Crippen molar-refractivity contribution in [2.45, 2.75) is 13.1 Å². The van der Waals surface area contributed by atoms with Gasteiger partial charge in [-0.25, -0.2) is 0 Å². The normalized spacial score (nSPS) is 10.7. The van der Waals surface area contributed by atoms with Crippen molar-refractivity contribution >= 4 is 5.78 Å². The van der Waals surface area contributed by atoms with Crippen molar-refractivity contribution in [1.82, 2.24) is 4.90 Å². The molecular weight excluding hydrogens is 406 g/mol. The summed E-state index contributed by atoms with van der Waals surface area (Å²) in [6.45, 7) is 1.40. The predicted octanol–water partition coefficient (Wildman–Crippen LogP) is 4.61. The van der Waals surface area contributed by atoms with Crippen LogP contribution in [0.5, 0.6) is 23.0 Å². The summed E-state index contributed by atoms with van der Waals surface area (Å²) in [4.78, 5) is 15.0. The van der Waals surface area contributed by atoms with Crippen molar-refractivity contribution in [1.29, 1.82) is 0 Å². The lowest BCUT2D eigenvalue weighted by atomic mass is 10.1. The minimum absolute atomic E-state index is 0.0616. The molecule has 6 nitrogen and oxygen atoms in total. The lowest BCUT2D eigenvalue weighted by molar-refractivity contribution is 0.0920. The summed E-state index contributed by atoms with van der Waals surface area (Å²) in [6.07, 6.45) is 0. The number of hydrogen-bond acceptors (Lipinski definition) is 6. The number of ether oxygens (including phenoxy) is 4. The first-order valence-electron chi connectivity index (χ1n) is 10.3. The molecule has 0 aliphatic heterocycles. The fourth-order valence-electron chi connectivity index (χ4n) is 3.56. The van der Waals surface area contributed by atoms with Crippen LogP contribution in [0.25, 0.3) is 0 Å². The zero-order chi connectivity index (χ0) is 22.9. The number of Topliss-reactive ketones (excluding diaryl/α,β-unsaturated/α-hetero) is 1. The molecule has 3 aromatic rings. The smallest absolute Gasteiger partial charge is 0.176 e. The highest BCUT2D eigenvalue weighted by molar-refractivity contribution is 5.97. The topological polar surface area (TPSA) is 57.2 Å². The van der Waals surface area contributed by atoms with Gasteiger partial charge < -0.3 is 18.9 Å². The Morgan fingerprint density at radius 3 is 1.56 bits per heavy atom. The minimum atomic E-state index is 0.0616. The zero-order valence-electron chi connectivity index (χ0n) is 19.0. The lowest BCUT2D eigenvalue weighted by Crippen LogP contribution is -2.29. The first-order chi connectivity index (χ1) is 15.6. The van der Waals surface area contributed by atoms with Gasteiger partial charge in [0.25, 0.3) is 0 Å². The number of carbonyl (C=O) groups excluding carboxylic acids is 1. The first-order valence-corrected chi connectivity index (χ1v) is 10.3. The molecule has 0 saturated carbocycles. The number of carbonyl (C=O) groups is 1. The number of ketones is 1. The molecule has 0 saturated heterocycles. The van der Waals surface area contributed by atoms with Gasteiger partial charge >= 0.3 is 0 Å². The number of benzene rings is 3. The van der Waals surface area contributed by atoms with E-state index in [1.165, 1.54) is 0 Å². The van der Waals surface area contributed by atoms with Gasteiger partial charge in [-0.15, -0.1) is 0 Å². The molecule has 0 aliphatic rings. The van der Waals surface area contributed by atoms with E-state index in [9.17, 15) is 4.79 Å². The van der Waals surface area contributed by atoms with Gasteiger partial charge in [0.15, 0.2) is 28.8 Å². The molecule has 0 unspecified atom stereocenters. The van der Waals surface area contributed by atoms with Crippen LogP contribution in [0.1, 0.15) is 21.5 Å². The standard InChI is InChI=1S/C26H29NO5/c1-29-23-12-10-19(14-25(23)31-3)16-27(18-22(28)21-8-6-5-7-9-21)17-20-11-13-24(30-2)26(15-20)32-4/h5-15H,16-18H2,1-4H3. The van der Waals surface area contributed by atoms with E-state index in [2.05, 4.69) is 4.90 Å². The highest BCUT2D eigenvalue weighted by Crippen LogP contribution is 2.30. The molecule has 0 N–H and O–H groups in total. The predicted molar refractivity (Wildman–Crippen MR) is 124 cm³/mol. The number of nitrogens with zero attached hydrogens (tertiary/aromatic N) is 1. The summed E-state index contributed by atoms with van der Waals surface area (Å²) in [5, 5.41) is 0. The van der Waals surface area contributed by atoms with Crippen molar-refractivity contribution < 1.29 is 23.7 Å². The summed E-state index contributed by atoms with van der Waals surface area (Å²) in [7, 11) is 6.45. The maximum Gasteiger partial charge on any atom is 0.176 e. The molecule has 0 heterocycles. The van der Waals surface area contributed by atoms with Gasteiger partial charge in [0.2, 0.25) is 0 Å². The van der Waals surface area contributed by atoms with Gasteiger partial charge in [0.1, 0.15) is 0 Å². The van der Waals surface area contributed by atoms with Crippen LogP contribution >= 0.6 is 0 Å². The molecule has 0 aliphatic carbocycles. The molecule has 6 heteroatoms. The van der Waals surface area contributed by atoms with E-state index >= 15 is 0 Å². The first kappa shape index (κ1) is 23.2. The van der Waals surface area contributed by atoms with E-state index in [-0.39, 0.29) is 12.3 Å².